The van der Waals surface area contributed by atoms with E-state index >= 15 is 0 Å². The van der Waals surface area contributed by atoms with Crippen molar-refractivity contribution in [2.45, 2.75) is 4.90 Å². The first-order valence-corrected chi connectivity index (χ1v) is 13.9. The Morgan fingerprint density at radius 1 is 0.825 bits per heavy atom. The van der Waals surface area contributed by atoms with E-state index in [0.29, 0.717) is 5.75 Å². The lowest BCUT2D eigenvalue weighted by molar-refractivity contribution is -0.119. The van der Waals surface area contributed by atoms with Crippen LogP contribution in [0.25, 0.3) is 21.5 Å². The largest absolute Gasteiger partial charge is 0.497 e. The van der Waals surface area contributed by atoms with Crippen molar-refractivity contribution in [1.82, 2.24) is 5.43 Å². The fourth-order valence-electron chi connectivity index (χ4n) is 4.53. The number of nitrogens with zero attached hydrogens (tertiary/aromatic N) is 2. The van der Waals surface area contributed by atoms with E-state index in [0.717, 1.165) is 31.4 Å². The van der Waals surface area contributed by atoms with E-state index < -0.39 is 22.5 Å². The number of ether oxygens (including phenoxy) is 2. The van der Waals surface area contributed by atoms with E-state index in [2.05, 4.69) is 16.6 Å². The molecule has 0 aromatic heterocycles. The Morgan fingerprint density at radius 2 is 1.45 bits per heavy atom. The third-order valence-electron chi connectivity index (χ3n) is 6.47. The fourth-order valence-corrected chi connectivity index (χ4v) is 5.98. The van der Waals surface area contributed by atoms with Crippen LogP contribution >= 0.6 is 0 Å². The van der Waals surface area contributed by atoms with Gasteiger partial charge in [0, 0.05) is 11.6 Å². The van der Waals surface area contributed by atoms with E-state index in [4.69, 9.17) is 9.47 Å². The van der Waals surface area contributed by atoms with Crippen molar-refractivity contribution in [2.75, 3.05) is 25.1 Å². The van der Waals surface area contributed by atoms with Crippen molar-refractivity contribution in [2.24, 2.45) is 5.10 Å². The summed E-state index contributed by atoms with van der Waals surface area (Å²) < 4.78 is 39.2. The molecule has 5 aromatic carbocycles. The number of hydrogen-bond donors (Lipinski definition) is 1. The zero-order chi connectivity index (χ0) is 28.1. The van der Waals surface area contributed by atoms with Crippen LogP contribution in [0.15, 0.2) is 113 Å². The summed E-state index contributed by atoms with van der Waals surface area (Å²) in [6.45, 7) is -0.547. The Bertz CT molecular complexity index is 1770. The minimum atomic E-state index is -4.16. The van der Waals surface area contributed by atoms with Gasteiger partial charge in [-0.1, -0.05) is 66.7 Å². The second-order valence-electron chi connectivity index (χ2n) is 8.89. The molecule has 0 fully saturated rings. The van der Waals surface area contributed by atoms with Gasteiger partial charge in [-0.15, -0.1) is 0 Å². The topological polar surface area (TPSA) is 97.3 Å². The third kappa shape index (κ3) is 5.32. The molecule has 0 heterocycles. The summed E-state index contributed by atoms with van der Waals surface area (Å²) in [6.07, 6.45) is 1.59. The van der Waals surface area contributed by atoms with Gasteiger partial charge in [0.25, 0.3) is 15.9 Å². The van der Waals surface area contributed by atoms with Crippen molar-refractivity contribution < 1.29 is 22.7 Å². The molecule has 0 saturated heterocycles. The summed E-state index contributed by atoms with van der Waals surface area (Å²) in [6, 6.07) is 30.6. The maximum Gasteiger partial charge on any atom is 0.264 e. The fraction of sp³-hybridized carbons (Fsp3) is 0.0968. The number of amides is 1. The number of anilines is 1. The van der Waals surface area contributed by atoms with Gasteiger partial charge >= 0.3 is 0 Å². The Labute approximate surface area is 232 Å². The number of carbonyl (C=O) groups is 1. The second kappa shape index (κ2) is 11.5. The highest BCUT2D eigenvalue weighted by Gasteiger charge is 2.30. The predicted octanol–water partition coefficient (Wildman–Crippen LogP) is 5.36. The van der Waals surface area contributed by atoms with Gasteiger partial charge in [-0.05, 0) is 51.9 Å². The first-order chi connectivity index (χ1) is 19.4. The number of nitrogens with one attached hydrogen (secondary N) is 1. The molecule has 0 aliphatic heterocycles. The van der Waals surface area contributed by atoms with Crippen LogP contribution < -0.4 is 19.2 Å². The van der Waals surface area contributed by atoms with Crippen molar-refractivity contribution in [1.29, 1.82) is 0 Å². The molecule has 0 bridgehead atoms. The number of fused-ring (bicyclic) bond motifs is 2. The zero-order valence-corrected chi connectivity index (χ0v) is 22.8. The molecule has 0 aliphatic carbocycles. The monoisotopic (exact) mass is 553 g/mol. The van der Waals surface area contributed by atoms with Crippen LogP contribution in [0.4, 0.5) is 5.69 Å². The third-order valence-corrected chi connectivity index (χ3v) is 8.24. The summed E-state index contributed by atoms with van der Waals surface area (Å²) in [7, 11) is -1.26. The van der Waals surface area contributed by atoms with Gasteiger partial charge in [0.1, 0.15) is 18.0 Å². The van der Waals surface area contributed by atoms with Crippen LogP contribution in [0.2, 0.25) is 0 Å². The molecule has 1 N–H and O–H groups in total. The van der Waals surface area contributed by atoms with Crippen molar-refractivity contribution in [3.8, 4) is 11.5 Å². The first-order valence-electron chi connectivity index (χ1n) is 12.4. The molecule has 5 aromatic rings. The molecule has 202 valence electrons. The summed E-state index contributed by atoms with van der Waals surface area (Å²) in [5.74, 6) is 0.0364. The maximum absolute atomic E-state index is 13.7. The highest BCUT2D eigenvalue weighted by atomic mass is 32.2. The van der Waals surface area contributed by atoms with Crippen molar-refractivity contribution in [3.05, 3.63) is 109 Å². The van der Waals surface area contributed by atoms with E-state index in [1.165, 1.54) is 32.4 Å². The van der Waals surface area contributed by atoms with Gasteiger partial charge < -0.3 is 9.47 Å². The Morgan fingerprint density at radius 3 is 2.08 bits per heavy atom. The normalized spacial score (nSPS) is 11.6. The summed E-state index contributed by atoms with van der Waals surface area (Å²) in [5.41, 5.74) is 3.50. The minimum Gasteiger partial charge on any atom is -0.497 e. The average molecular weight is 554 g/mol. The molecule has 0 unspecified atom stereocenters. The van der Waals surface area contributed by atoms with Crippen LogP contribution in [0.5, 0.6) is 11.5 Å². The SMILES string of the molecule is COc1ccc(OC)c(N(CC(=O)N/N=C\c2c3ccccc3cc3ccccc23)S(=O)(=O)c2ccccc2)c1. The van der Waals surface area contributed by atoms with E-state index in [1.807, 2.05) is 48.5 Å². The molecule has 0 atom stereocenters. The van der Waals surface area contributed by atoms with E-state index in [9.17, 15) is 13.2 Å². The number of benzene rings is 5. The Balaban J connectivity index is 1.49. The zero-order valence-electron chi connectivity index (χ0n) is 21.9. The molecule has 1 amide bonds. The lowest BCUT2D eigenvalue weighted by Gasteiger charge is -2.25. The van der Waals surface area contributed by atoms with Crippen LogP contribution in [0.3, 0.4) is 0 Å². The second-order valence-corrected chi connectivity index (χ2v) is 10.8. The molecular formula is C31H27N3O5S. The molecule has 9 heteroatoms. The molecule has 40 heavy (non-hydrogen) atoms. The molecule has 0 radical (unpaired) electrons. The Kier molecular flexibility index (Phi) is 7.65. The van der Waals surface area contributed by atoms with Gasteiger partial charge in [-0.2, -0.15) is 5.10 Å². The van der Waals surface area contributed by atoms with Gasteiger partial charge in [-0.3, -0.25) is 9.10 Å². The number of carbonyl (C=O) groups excluding carboxylic acids is 1. The molecular weight excluding hydrogens is 526 g/mol. The highest BCUT2D eigenvalue weighted by Crippen LogP contribution is 2.35. The standard InChI is InChI=1S/C31H27N3O5S/c1-38-24-16-17-30(39-2)29(19-24)34(40(36,37)25-12-4-3-5-13-25)21-31(35)33-32-20-28-26-14-8-6-10-22(26)18-23-11-7-9-15-27(23)28/h3-20H,21H2,1-2H3,(H,33,35)/b32-20-. The van der Waals surface area contributed by atoms with Crippen LogP contribution in [0, 0.1) is 0 Å². The quantitative estimate of drug-likeness (QED) is 0.151. The number of rotatable bonds is 9. The number of methoxy groups -OCH3 is 2. The van der Waals surface area contributed by atoms with Crippen molar-refractivity contribution >= 4 is 49.4 Å². The lowest BCUT2D eigenvalue weighted by atomic mass is 9.97. The maximum atomic E-state index is 13.7. The molecule has 0 spiro atoms. The van der Waals surface area contributed by atoms with Gasteiger partial charge in [0.15, 0.2) is 0 Å². The minimum absolute atomic E-state index is 0.0263. The van der Waals surface area contributed by atoms with E-state index in [1.54, 1.807) is 36.5 Å². The number of hydrogen-bond acceptors (Lipinski definition) is 6. The average Bonchev–Trinajstić information content (AvgIpc) is 2.99. The van der Waals surface area contributed by atoms with Crippen LogP contribution in [-0.4, -0.2) is 41.3 Å². The lowest BCUT2D eigenvalue weighted by Crippen LogP contribution is -2.39. The van der Waals surface area contributed by atoms with E-state index in [-0.39, 0.29) is 16.3 Å². The van der Waals surface area contributed by atoms with Gasteiger partial charge in [0.05, 0.1) is 31.0 Å². The first kappa shape index (κ1) is 26.7. The van der Waals surface area contributed by atoms with Crippen LogP contribution in [-0.2, 0) is 14.8 Å². The van der Waals surface area contributed by atoms with Crippen LogP contribution in [0.1, 0.15) is 5.56 Å². The van der Waals surface area contributed by atoms with Gasteiger partial charge in [0.2, 0.25) is 0 Å². The summed E-state index contributed by atoms with van der Waals surface area (Å²) in [5, 5.41) is 8.26. The molecule has 0 aliphatic rings. The number of hydrazone groups is 1. The predicted molar refractivity (Wildman–Crippen MR) is 158 cm³/mol. The smallest absolute Gasteiger partial charge is 0.264 e. The van der Waals surface area contributed by atoms with Gasteiger partial charge in [-0.25, -0.2) is 13.8 Å². The Hall–Kier alpha value is -4.89. The number of sulfonamides is 1. The summed E-state index contributed by atoms with van der Waals surface area (Å²) >= 11 is 0. The molecule has 0 saturated carbocycles. The highest BCUT2D eigenvalue weighted by molar-refractivity contribution is 7.92. The molecule has 8 nitrogen and oxygen atoms in total. The van der Waals surface area contributed by atoms with Crippen molar-refractivity contribution in [3.63, 3.8) is 0 Å². The summed E-state index contributed by atoms with van der Waals surface area (Å²) in [4.78, 5) is 13.2. The molecule has 5 rings (SSSR count).